The molecule has 5 rings (SSSR count). The zero-order valence-corrected chi connectivity index (χ0v) is 21.0. The fourth-order valence-electron chi connectivity index (χ4n) is 4.60. The smallest absolute Gasteiger partial charge is 0.268 e. The number of ether oxygens (including phenoxy) is 1. The van der Waals surface area contributed by atoms with Gasteiger partial charge < -0.3 is 4.74 Å². The van der Waals surface area contributed by atoms with Crippen molar-refractivity contribution in [2.75, 3.05) is 11.5 Å². The van der Waals surface area contributed by atoms with E-state index in [0.29, 0.717) is 28.6 Å². The maximum absolute atomic E-state index is 13.7. The highest BCUT2D eigenvalue weighted by atomic mass is 79.9. The molecule has 0 bridgehead atoms. The summed E-state index contributed by atoms with van der Waals surface area (Å²) in [5, 5.41) is 1.84. The first-order valence-corrected chi connectivity index (χ1v) is 12.3. The number of carbonyl (C=O) groups is 3. The summed E-state index contributed by atoms with van der Waals surface area (Å²) in [6, 6.07) is 19.1. The van der Waals surface area contributed by atoms with Crippen LogP contribution in [0.15, 0.2) is 77.3 Å². The molecule has 178 valence electrons. The average Bonchev–Trinajstić information content (AvgIpc) is 3.37. The number of rotatable bonds is 5. The van der Waals surface area contributed by atoms with Crippen LogP contribution in [0.1, 0.15) is 28.9 Å². The Labute approximate surface area is 215 Å². The molecule has 3 amide bonds. The van der Waals surface area contributed by atoms with Crippen molar-refractivity contribution < 1.29 is 19.1 Å². The molecule has 3 aromatic carbocycles. The van der Waals surface area contributed by atoms with E-state index >= 15 is 0 Å². The van der Waals surface area contributed by atoms with Crippen molar-refractivity contribution in [2.45, 2.75) is 19.0 Å². The number of anilines is 1. The Bertz CT molecular complexity index is 1300. The van der Waals surface area contributed by atoms with E-state index in [4.69, 9.17) is 16.3 Å². The number of imide groups is 1. The quantitative estimate of drug-likeness (QED) is 0.460. The molecule has 0 unspecified atom stereocenters. The van der Waals surface area contributed by atoms with Crippen molar-refractivity contribution in [3.8, 4) is 5.75 Å². The number of halogens is 2. The molecule has 0 aliphatic carbocycles. The summed E-state index contributed by atoms with van der Waals surface area (Å²) < 4.78 is 6.21. The summed E-state index contributed by atoms with van der Waals surface area (Å²) >= 11 is 9.45. The van der Waals surface area contributed by atoms with Gasteiger partial charge in [0.2, 0.25) is 5.91 Å². The first kappa shape index (κ1) is 23.5. The molecule has 3 atom stereocenters. The Balaban J connectivity index is 1.54. The Morgan fingerprint density at radius 3 is 2.40 bits per heavy atom. The monoisotopic (exact) mass is 553 g/mol. The van der Waals surface area contributed by atoms with Crippen molar-refractivity contribution in [2.24, 2.45) is 5.92 Å². The second-order valence-electron chi connectivity index (χ2n) is 8.25. The Morgan fingerprint density at radius 1 is 1.03 bits per heavy atom. The summed E-state index contributed by atoms with van der Waals surface area (Å²) in [5.74, 6) is -1.39. The average molecular weight is 555 g/mol. The van der Waals surface area contributed by atoms with Gasteiger partial charge in [0.25, 0.3) is 11.8 Å². The second-order valence-corrected chi connectivity index (χ2v) is 9.61. The Morgan fingerprint density at radius 2 is 1.74 bits per heavy atom. The molecule has 2 fully saturated rings. The fraction of sp³-hybridized carbons (Fsp3) is 0.192. The first-order valence-electron chi connectivity index (χ1n) is 11.1. The van der Waals surface area contributed by atoms with Crippen LogP contribution in [0.2, 0.25) is 5.02 Å². The zero-order chi connectivity index (χ0) is 24.7. The van der Waals surface area contributed by atoms with Crippen LogP contribution in [-0.4, -0.2) is 35.4 Å². The van der Waals surface area contributed by atoms with Crippen LogP contribution in [0.4, 0.5) is 5.69 Å². The zero-order valence-electron chi connectivity index (χ0n) is 18.7. The van der Waals surface area contributed by atoms with E-state index in [1.54, 1.807) is 66.7 Å². The lowest BCUT2D eigenvalue weighted by Crippen LogP contribution is -2.48. The lowest BCUT2D eigenvalue weighted by molar-refractivity contribution is -0.123. The van der Waals surface area contributed by atoms with Crippen LogP contribution >= 0.6 is 27.5 Å². The topological polar surface area (TPSA) is 79.0 Å². The third-order valence-corrected chi connectivity index (χ3v) is 6.91. The van der Waals surface area contributed by atoms with Gasteiger partial charge in [0.05, 0.1) is 24.3 Å². The second kappa shape index (κ2) is 9.45. The van der Waals surface area contributed by atoms with Gasteiger partial charge in [-0.3, -0.25) is 19.4 Å². The Hall–Kier alpha value is -3.20. The van der Waals surface area contributed by atoms with Crippen molar-refractivity contribution in [3.05, 3.63) is 93.4 Å². The van der Waals surface area contributed by atoms with Gasteiger partial charge in [-0.05, 0) is 67.1 Å². The van der Waals surface area contributed by atoms with Gasteiger partial charge in [0, 0.05) is 15.1 Å². The maximum atomic E-state index is 13.7. The van der Waals surface area contributed by atoms with E-state index in [1.165, 1.54) is 5.01 Å². The molecular weight excluding hydrogens is 534 g/mol. The highest BCUT2D eigenvalue weighted by Crippen LogP contribution is 2.42. The number of hydrazine groups is 1. The van der Waals surface area contributed by atoms with E-state index < -0.39 is 29.8 Å². The molecule has 0 aromatic heterocycles. The van der Waals surface area contributed by atoms with E-state index in [1.807, 2.05) is 13.0 Å². The molecule has 1 N–H and O–H groups in total. The fourth-order valence-corrected chi connectivity index (χ4v) is 5.12. The van der Waals surface area contributed by atoms with Crippen LogP contribution in [-0.2, 0) is 9.59 Å². The van der Waals surface area contributed by atoms with E-state index in [9.17, 15) is 14.4 Å². The molecule has 0 spiro atoms. The summed E-state index contributed by atoms with van der Waals surface area (Å²) in [4.78, 5) is 42.0. The van der Waals surface area contributed by atoms with Gasteiger partial charge in [-0.15, -0.1) is 0 Å². The van der Waals surface area contributed by atoms with Gasteiger partial charge in [0.15, 0.2) is 0 Å². The van der Waals surface area contributed by atoms with Gasteiger partial charge >= 0.3 is 0 Å². The minimum absolute atomic E-state index is 0.374. The van der Waals surface area contributed by atoms with Crippen LogP contribution in [0.3, 0.4) is 0 Å². The molecular formula is C26H21BrClN3O4. The molecule has 0 saturated carbocycles. The number of hydrogen-bond acceptors (Lipinski definition) is 5. The van der Waals surface area contributed by atoms with Gasteiger partial charge in [-0.25, -0.2) is 10.3 Å². The number of nitrogens with one attached hydrogen (secondary N) is 1. The predicted octanol–water partition coefficient (Wildman–Crippen LogP) is 4.76. The van der Waals surface area contributed by atoms with Crippen molar-refractivity contribution in [3.63, 3.8) is 0 Å². The van der Waals surface area contributed by atoms with E-state index in [0.717, 1.165) is 14.9 Å². The maximum Gasteiger partial charge on any atom is 0.268 e. The van der Waals surface area contributed by atoms with Crippen LogP contribution < -0.4 is 15.1 Å². The highest BCUT2D eigenvalue weighted by molar-refractivity contribution is 9.10. The lowest BCUT2D eigenvalue weighted by Gasteiger charge is -2.25. The summed E-state index contributed by atoms with van der Waals surface area (Å²) in [7, 11) is 0. The number of hydrogen-bond donors (Lipinski definition) is 1. The van der Waals surface area contributed by atoms with E-state index in [2.05, 4.69) is 21.4 Å². The van der Waals surface area contributed by atoms with Gasteiger partial charge in [-0.2, -0.15) is 0 Å². The SMILES string of the molecule is CCOc1ccc(N2C(=O)[C@@H]3[C@H](c4ccc(Cl)cc4)NN(C(=O)c4cccc(Br)c4)[C@H]3C2=O)cc1. The van der Waals surface area contributed by atoms with Crippen LogP contribution in [0.5, 0.6) is 5.75 Å². The number of carbonyl (C=O) groups excluding carboxylic acids is 3. The normalized spacial score (nSPS) is 21.4. The number of nitrogens with zero attached hydrogens (tertiary/aromatic N) is 2. The third-order valence-electron chi connectivity index (χ3n) is 6.16. The molecule has 2 aliphatic rings. The largest absolute Gasteiger partial charge is 0.494 e. The van der Waals surface area contributed by atoms with Crippen molar-refractivity contribution >= 4 is 50.9 Å². The summed E-state index contributed by atoms with van der Waals surface area (Å²) in [6.07, 6.45) is 0. The van der Waals surface area contributed by atoms with Crippen molar-refractivity contribution in [1.29, 1.82) is 0 Å². The summed E-state index contributed by atoms with van der Waals surface area (Å²) in [6.45, 7) is 2.38. The first-order chi connectivity index (χ1) is 16.9. The number of amides is 3. The van der Waals surface area contributed by atoms with Crippen LogP contribution in [0, 0.1) is 5.92 Å². The predicted molar refractivity (Wildman–Crippen MR) is 135 cm³/mol. The Kier molecular flexibility index (Phi) is 6.35. The highest BCUT2D eigenvalue weighted by Gasteiger charge is 2.60. The number of fused-ring (bicyclic) bond motifs is 1. The molecule has 0 radical (unpaired) electrons. The molecule has 2 aliphatic heterocycles. The molecule has 2 heterocycles. The molecule has 7 nitrogen and oxygen atoms in total. The minimum Gasteiger partial charge on any atom is -0.494 e. The molecule has 2 saturated heterocycles. The molecule has 9 heteroatoms. The minimum atomic E-state index is -0.999. The third kappa shape index (κ3) is 4.22. The van der Waals surface area contributed by atoms with E-state index in [-0.39, 0.29) is 5.91 Å². The summed E-state index contributed by atoms with van der Waals surface area (Å²) in [5.41, 5.74) is 4.72. The van der Waals surface area contributed by atoms with Crippen molar-refractivity contribution in [1.82, 2.24) is 10.4 Å². The molecule has 3 aromatic rings. The number of benzene rings is 3. The van der Waals surface area contributed by atoms with Gasteiger partial charge in [0.1, 0.15) is 11.8 Å². The lowest BCUT2D eigenvalue weighted by atomic mass is 9.91. The van der Waals surface area contributed by atoms with Crippen LogP contribution in [0.25, 0.3) is 0 Å². The molecule has 35 heavy (non-hydrogen) atoms. The standard InChI is InChI=1S/C26H21BrClN3O4/c1-2-35-20-12-10-19(11-13-20)30-25(33)21-22(15-6-8-18(28)9-7-15)29-31(23(21)26(30)34)24(32)16-4-3-5-17(27)14-16/h3-14,21-23,29H,2H2,1H3/t21-,22+,23-/m1/s1. The van der Waals surface area contributed by atoms with Gasteiger partial charge in [-0.1, -0.05) is 45.7 Å².